The lowest BCUT2D eigenvalue weighted by atomic mass is 10.0. The minimum Gasteiger partial charge on any atom is -0.350 e. The fraction of sp³-hybridized carbons (Fsp3) is 0.300. The highest BCUT2D eigenvalue weighted by atomic mass is 19.1. The number of nitrogens with zero attached hydrogens (tertiary/aromatic N) is 1. The standard InChI is InChI=1S/C20H23FN2O2/c1-4-17-7-5-6-14(2)20(17)23(15(3)24)13-19(25)22-12-16-8-10-18(21)11-9-16/h5-11H,4,12-13H2,1-3H3,(H,22,25). The Bertz CT molecular complexity index is 757. The first kappa shape index (κ1) is 18.6. The minimum absolute atomic E-state index is 0.0472. The second-order valence-corrected chi connectivity index (χ2v) is 5.94. The summed E-state index contributed by atoms with van der Waals surface area (Å²) in [5.74, 6) is -0.754. The first-order valence-electron chi connectivity index (χ1n) is 8.30. The lowest BCUT2D eigenvalue weighted by Crippen LogP contribution is -2.40. The number of benzene rings is 2. The van der Waals surface area contributed by atoms with Crippen LogP contribution in [0.2, 0.25) is 0 Å². The first-order valence-corrected chi connectivity index (χ1v) is 8.30. The van der Waals surface area contributed by atoms with Crippen LogP contribution in [0, 0.1) is 12.7 Å². The number of hydrogen-bond donors (Lipinski definition) is 1. The van der Waals surface area contributed by atoms with Crippen molar-refractivity contribution in [1.29, 1.82) is 0 Å². The van der Waals surface area contributed by atoms with E-state index in [0.29, 0.717) is 6.54 Å². The van der Waals surface area contributed by atoms with Crippen LogP contribution in [0.3, 0.4) is 0 Å². The molecule has 132 valence electrons. The van der Waals surface area contributed by atoms with Crippen molar-refractivity contribution in [3.63, 3.8) is 0 Å². The lowest BCUT2D eigenvalue weighted by Gasteiger charge is -2.25. The monoisotopic (exact) mass is 342 g/mol. The van der Waals surface area contributed by atoms with Crippen LogP contribution in [0.5, 0.6) is 0 Å². The van der Waals surface area contributed by atoms with Gasteiger partial charge in [-0.05, 0) is 42.2 Å². The van der Waals surface area contributed by atoms with Crippen molar-refractivity contribution in [2.45, 2.75) is 33.7 Å². The molecule has 2 aromatic rings. The zero-order valence-electron chi connectivity index (χ0n) is 14.8. The quantitative estimate of drug-likeness (QED) is 0.875. The zero-order valence-corrected chi connectivity index (χ0v) is 14.8. The number of para-hydroxylation sites is 1. The van der Waals surface area contributed by atoms with E-state index in [1.54, 1.807) is 12.1 Å². The Hall–Kier alpha value is -2.69. The third-order valence-corrected chi connectivity index (χ3v) is 4.06. The molecule has 0 spiro atoms. The van der Waals surface area contributed by atoms with Gasteiger partial charge in [-0.25, -0.2) is 4.39 Å². The molecule has 5 heteroatoms. The van der Waals surface area contributed by atoms with E-state index >= 15 is 0 Å². The summed E-state index contributed by atoms with van der Waals surface area (Å²) < 4.78 is 12.9. The summed E-state index contributed by atoms with van der Waals surface area (Å²) in [6, 6.07) is 11.8. The fourth-order valence-electron chi connectivity index (χ4n) is 2.74. The molecule has 0 aliphatic rings. The highest BCUT2D eigenvalue weighted by molar-refractivity contribution is 5.98. The highest BCUT2D eigenvalue weighted by Gasteiger charge is 2.19. The Morgan fingerprint density at radius 1 is 1.12 bits per heavy atom. The molecule has 2 rings (SSSR count). The molecule has 0 bridgehead atoms. The highest BCUT2D eigenvalue weighted by Crippen LogP contribution is 2.25. The summed E-state index contributed by atoms with van der Waals surface area (Å²) in [6.07, 6.45) is 0.776. The molecule has 0 aromatic heterocycles. The topological polar surface area (TPSA) is 49.4 Å². The molecule has 2 aromatic carbocycles. The Balaban J connectivity index is 2.10. The zero-order chi connectivity index (χ0) is 18.4. The molecule has 0 fully saturated rings. The SMILES string of the molecule is CCc1cccc(C)c1N(CC(=O)NCc1ccc(F)cc1)C(C)=O. The van der Waals surface area contributed by atoms with E-state index in [2.05, 4.69) is 5.32 Å². The van der Waals surface area contributed by atoms with E-state index in [1.165, 1.54) is 24.0 Å². The third kappa shape index (κ3) is 4.89. The molecule has 0 radical (unpaired) electrons. The number of carbonyl (C=O) groups excluding carboxylic acids is 2. The maximum Gasteiger partial charge on any atom is 0.240 e. The molecule has 0 atom stereocenters. The van der Waals surface area contributed by atoms with E-state index in [9.17, 15) is 14.0 Å². The summed E-state index contributed by atoms with van der Waals surface area (Å²) in [6.45, 7) is 5.65. The van der Waals surface area contributed by atoms with Crippen LogP contribution < -0.4 is 10.2 Å². The third-order valence-electron chi connectivity index (χ3n) is 4.06. The summed E-state index contributed by atoms with van der Waals surface area (Å²) in [5.41, 5.74) is 3.59. The number of anilines is 1. The smallest absolute Gasteiger partial charge is 0.240 e. The summed E-state index contributed by atoms with van der Waals surface area (Å²) in [5, 5.41) is 2.78. The molecule has 0 aliphatic heterocycles. The normalized spacial score (nSPS) is 10.4. The first-order chi connectivity index (χ1) is 11.9. The van der Waals surface area contributed by atoms with Gasteiger partial charge in [-0.1, -0.05) is 37.3 Å². The lowest BCUT2D eigenvalue weighted by molar-refractivity contribution is -0.123. The van der Waals surface area contributed by atoms with Gasteiger partial charge in [0.15, 0.2) is 0 Å². The van der Waals surface area contributed by atoms with Crippen molar-refractivity contribution in [3.05, 3.63) is 65.0 Å². The van der Waals surface area contributed by atoms with Crippen LogP contribution in [-0.2, 0) is 22.6 Å². The summed E-state index contributed by atoms with van der Waals surface area (Å²) in [4.78, 5) is 25.9. The van der Waals surface area contributed by atoms with Gasteiger partial charge in [0.25, 0.3) is 0 Å². The Morgan fingerprint density at radius 2 is 1.80 bits per heavy atom. The molecule has 0 heterocycles. The molecule has 0 unspecified atom stereocenters. The van der Waals surface area contributed by atoms with Crippen molar-refractivity contribution in [2.75, 3.05) is 11.4 Å². The fourth-order valence-corrected chi connectivity index (χ4v) is 2.74. The molecule has 25 heavy (non-hydrogen) atoms. The Labute approximate surface area is 147 Å². The van der Waals surface area contributed by atoms with E-state index in [-0.39, 0.29) is 24.2 Å². The van der Waals surface area contributed by atoms with Gasteiger partial charge in [0.05, 0.1) is 5.69 Å². The van der Waals surface area contributed by atoms with Gasteiger partial charge in [0, 0.05) is 13.5 Å². The molecule has 1 N–H and O–H groups in total. The average molecular weight is 342 g/mol. The van der Waals surface area contributed by atoms with Gasteiger partial charge in [0.2, 0.25) is 11.8 Å². The average Bonchev–Trinajstić information content (AvgIpc) is 2.59. The maximum absolute atomic E-state index is 12.9. The second kappa shape index (κ2) is 8.42. The number of nitrogens with one attached hydrogen (secondary N) is 1. The van der Waals surface area contributed by atoms with Crippen LogP contribution in [0.4, 0.5) is 10.1 Å². The Morgan fingerprint density at radius 3 is 2.40 bits per heavy atom. The number of rotatable bonds is 6. The molecular formula is C20H23FN2O2. The van der Waals surface area contributed by atoms with Crippen molar-refractivity contribution in [3.8, 4) is 0 Å². The summed E-state index contributed by atoms with van der Waals surface area (Å²) in [7, 11) is 0. The van der Waals surface area contributed by atoms with Crippen molar-refractivity contribution in [2.24, 2.45) is 0 Å². The van der Waals surface area contributed by atoms with E-state index in [4.69, 9.17) is 0 Å². The van der Waals surface area contributed by atoms with Crippen LogP contribution >= 0.6 is 0 Å². The van der Waals surface area contributed by atoms with E-state index in [0.717, 1.165) is 28.8 Å². The van der Waals surface area contributed by atoms with E-state index in [1.807, 2.05) is 32.0 Å². The molecular weight excluding hydrogens is 319 g/mol. The van der Waals surface area contributed by atoms with Crippen molar-refractivity contribution < 1.29 is 14.0 Å². The van der Waals surface area contributed by atoms with Crippen molar-refractivity contribution in [1.82, 2.24) is 5.32 Å². The second-order valence-electron chi connectivity index (χ2n) is 5.94. The van der Waals surface area contributed by atoms with Crippen LogP contribution in [0.1, 0.15) is 30.5 Å². The molecule has 0 saturated carbocycles. The predicted molar refractivity (Wildman–Crippen MR) is 96.8 cm³/mol. The predicted octanol–water partition coefficient (Wildman–Crippen LogP) is 3.37. The number of aryl methyl sites for hydroxylation is 2. The number of halogens is 1. The van der Waals surface area contributed by atoms with Gasteiger partial charge in [-0.15, -0.1) is 0 Å². The van der Waals surface area contributed by atoms with Crippen molar-refractivity contribution >= 4 is 17.5 Å². The Kier molecular flexibility index (Phi) is 6.28. The maximum atomic E-state index is 12.9. The van der Waals surface area contributed by atoms with Crippen LogP contribution in [-0.4, -0.2) is 18.4 Å². The summed E-state index contributed by atoms with van der Waals surface area (Å²) >= 11 is 0. The van der Waals surface area contributed by atoms with Gasteiger partial charge < -0.3 is 10.2 Å². The number of amides is 2. The van der Waals surface area contributed by atoms with Gasteiger partial charge in [0.1, 0.15) is 12.4 Å². The largest absolute Gasteiger partial charge is 0.350 e. The molecule has 4 nitrogen and oxygen atoms in total. The molecule has 0 aliphatic carbocycles. The van der Waals surface area contributed by atoms with Gasteiger partial charge in [-0.2, -0.15) is 0 Å². The van der Waals surface area contributed by atoms with Crippen LogP contribution in [0.15, 0.2) is 42.5 Å². The van der Waals surface area contributed by atoms with Gasteiger partial charge >= 0.3 is 0 Å². The van der Waals surface area contributed by atoms with Gasteiger partial charge in [-0.3, -0.25) is 9.59 Å². The number of carbonyl (C=O) groups is 2. The minimum atomic E-state index is -0.315. The molecule has 2 amide bonds. The number of hydrogen-bond acceptors (Lipinski definition) is 2. The van der Waals surface area contributed by atoms with E-state index < -0.39 is 0 Å². The molecule has 0 saturated heterocycles. The van der Waals surface area contributed by atoms with Crippen LogP contribution in [0.25, 0.3) is 0 Å².